The second-order valence-corrected chi connectivity index (χ2v) is 11.5. The number of pyridine rings is 1. The molecule has 4 nitrogen and oxygen atoms in total. The Labute approximate surface area is 201 Å². The predicted molar refractivity (Wildman–Crippen MR) is 130 cm³/mol. The zero-order valence-corrected chi connectivity index (χ0v) is 20.1. The van der Waals surface area contributed by atoms with Gasteiger partial charge < -0.3 is 10.1 Å². The van der Waals surface area contributed by atoms with Crippen LogP contribution >= 0.6 is 0 Å². The number of hydrogen-bond donors (Lipinski definition) is 1. The molecule has 2 fully saturated rings. The van der Waals surface area contributed by atoms with Crippen molar-refractivity contribution in [1.82, 2.24) is 10.3 Å². The fourth-order valence-corrected chi connectivity index (χ4v) is 7.25. The third-order valence-corrected chi connectivity index (χ3v) is 9.16. The molecule has 6 rings (SSSR count). The number of hydrogen-bond acceptors (Lipinski definition) is 3. The van der Waals surface area contributed by atoms with E-state index in [2.05, 4.69) is 42.4 Å². The van der Waals surface area contributed by atoms with Gasteiger partial charge in [-0.3, -0.25) is 9.78 Å². The molecule has 2 aromatic rings. The first-order valence-corrected chi connectivity index (χ1v) is 12.7. The summed E-state index contributed by atoms with van der Waals surface area (Å²) in [5, 5.41) is 3.11. The van der Waals surface area contributed by atoms with E-state index < -0.39 is 0 Å². The topological polar surface area (TPSA) is 51.2 Å². The average Bonchev–Trinajstić information content (AvgIpc) is 3.18. The number of rotatable bonds is 4. The standard InChI is InChI=1S/C29H33FN2O2/c1-28(16-34-17-28)15-32-27(33)19-4-5-22-18(11-19)3-6-24-23(22)9-10-29(2)25(7-8-26(24)29)20-12-21(30)14-31-13-20/h4-5,7,11-14,23-24,26H,3,6,8-10,15-17H2,1-2H3,(H,32,33). The lowest BCUT2D eigenvalue weighted by atomic mass is 9.54. The van der Waals surface area contributed by atoms with Crippen molar-refractivity contribution in [2.75, 3.05) is 19.8 Å². The minimum atomic E-state index is -0.263. The van der Waals surface area contributed by atoms with E-state index in [0.717, 1.165) is 43.2 Å². The second kappa shape index (κ2) is 8.01. The molecule has 34 heavy (non-hydrogen) atoms. The summed E-state index contributed by atoms with van der Waals surface area (Å²) in [6.07, 6.45) is 10.9. The summed E-state index contributed by atoms with van der Waals surface area (Å²) in [5.41, 5.74) is 5.93. The molecule has 1 aromatic carbocycles. The van der Waals surface area contributed by atoms with Crippen LogP contribution in [-0.4, -0.2) is 30.6 Å². The first-order chi connectivity index (χ1) is 16.4. The smallest absolute Gasteiger partial charge is 0.251 e. The lowest BCUT2D eigenvalue weighted by Crippen LogP contribution is -2.48. The van der Waals surface area contributed by atoms with Gasteiger partial charge in [0, 0.05) is 23.7 Å². The molecule has 1 N–H and O–H groups in total. The molecule has 178 valence electrons. The minimum absolute atomic E-state index is 0.0163. The number of ether oxygens (including phenoxy) is 1. The fraction of sp³-hybridized carbons (Fsp3) is 0.517. The predicted octanol–water partition coefficient (Wildman–Crippen LogP) is 5.54. The molecule has 4 aliphatic rings. The first-order valence-electron chi connectivity index (χ1n) is 12.7. The van der Waals surface area contributed by atoms with Crippen molar-refractivity contribution in [2.45, 2.75) is 51.9 Å². The van der Waals surface area contributed by atoms with Crippen LogP contribution in [0, 0.1) is 28.5 Å². The Hall–Kier alpha value is -2.53. The molecule has 4 atom stereocenters. The van der Waals surface area contributed by atoms with E-state index in [-0.39, 0.29) is 22.6 Å². The Bertz CT molecular complexity index is 1170. The van der Waals surface area contributed by atoms with Crippen molar-refractivity contribution in [3.05, 3.63) is 70.8 Å². The third kappa shape index (κ3) is 3.51. The Morgan fingerprint density at radius 2 is 2.06 bits per heavy atom. The quantitative estimate of drug-likeness (QED) is 0.652. The number of carbonyl (C=O) groups is 1. The maximum atomic E-state index is 13.9. The zero-order valence-electron chi connectivity index (χ0n) is 20.1. The summed E-state index contributed by atoms with van der Waals surface area (Å²) < 4.78 is 19.2. The number of carbonyl (C=O) groups excluding carboxylic acids is 1. The normalized spacial score (nSPS) is 30.9. The van der Waals surface area contributed by atoms with Crippen LogP contribution < -0.4 is 5.32 Å². The summed E-state index contributed by atoms with van der Waals surface area (Å²) in [7, 11) is 0. The van der Waals surface area contributed by atoms with Gasteiger partial charge in [-0.1, -0.05) is 26.0 Å². The van der Waals surface area contributed by atoms with Crippen molar-refractivity contribution in [3.63, 3.8) is 0 Å². The van der Waals surface area contributed by atoms with E-state index in [4.69, 9.17) is 4.74 Å². The van der Waals surface area contributed by atoms with Crippen LogP contribution in [-0.2, 0) is 11.2 Å². The molecule has 0 radical (unpaired) electrons. The van der Waals surface area contributed by atoms with Gasteiger partial charge in [0.05, 0.1) is 19.4 Å². The largest absolute Gasteiger partial charge is 0.380 e. The zero-order chi connectivity index (χ0) is 23.5. The van der Waals surface area contributed by atoms with Crippen LogP contribution in [0.4, 0.5) is 4.39 Å². The Morgan fingerprint density at radius 1 is 1.21 bits per heavy atom. The van der Waals surface area contributed by atoms with Gasteiger partial charge in [-0.25, -0.2) is 4.39 Å². The fourth-order valence-electron chi connectivity index (χ4n) is 7.25. The van der Waals surface area contributed by atoms with Gasteiger partial charge in [0.2, 0.25) is 0 Å². The molecule has 5 heteroatoms. The van der Waals surface area contributed by atoms with Crippen molar-refractivity contribution in [1.29, 1.82) is 0 Å². The number of nitrogens with zero attached hydrogens (tertiary/aromatic N) is 1. The monoisotopic (exact) mass is 460 g/mol. The second-order valence-electron chi connectivity index (χ2n) is 11.5. The first kappa shape index (κ1) is 22.0. The van der Waals surface area contributed by atoms with E-state index in [1.807, 2.05) is 12.3 Å². The van der Waals surface area contributed by atoms with Crippen LogP contribution in [0.3, 0.4) is 0 Å². The highest BCUT2D eigenvalue weighted by atomic mass is 19.1. The van der Waals surface area contributed by atoms with Gasteiger partial charge in [0.15, 0.2) is 0 Å². The van der Waals surface area contributed by atoms with E-state index in [9.17, 15) is 9.18 Å². The molecule has 2 heterocycles. The molecular formula is C29H33FN2O2. The number of benzene rings is 1. The van der Waals surface area contributed by atoms with Crippen LogP contribution in [0.5, 0.6) is 0 Å². The number of nitrogens with one attached hydrogen (secondary N) is 1. The van der Waals surface area contributed by atoms with Gasteiger partial charge in [0.1, 0.15) is 5.82 Å². The molecular weight excluding hydrogens is 427 g/mol. The number of aryl methyl sites for hydroxylation is 1. The summed E-state index contributed by atoms with van der Waals surface area (Å²) in [6.45, 7) is 6.62. The van der Waals surface area contributed by atoms with Gasteiger partial charge in [-0.2, -0.15) is 0 Å². The van der Waals surface area contributed by atoms with Gasteiger partial charge in [-0.15, -0.1) is 0 Å². The summed E-state index contributed by atoms with van der Waals surface area (Å²) >= 11 is 0. The number of allylic oxidation sites excluding steroid dienone is 2. The number of amides is 1. The highest BCUT2D eigenvalue weighted by molar-refractivity contribution is 5.94. The van der Waals surface area contributed by atoms with Gasteiger partial charge >= 0.3 is 0 Å². The molecule has 4 unspecified atom stereocenters. The van der Waals surface area contributed by atoms with E-state index in [1.165, 1.54) is 22.9 Å². The van der Waals surface area contributed by atoms with E-state index in [0.29, 0.717) is 37.5 Å². The lowest BCUT2D eigenvalue weighted by Gasteiger charge is -2.50. The van der Waals surface area contributed by atoms with E-state index >= 15 is 0 Å². The van der Waals surface area contributed by atoms with Crippen LogP contribution in [0.2, 0.25) is 0 Å². The van der Waals surface area contributed by atoms with Crippen LogP contribution in [0.15, 0.2) is 42.7 Å². The van der Waals surface area contributed by atoms with Crippen molar-refractivity contribution in [2.24, 2.45) is 22.7 Å². The van der Waals surface area contributed by atoms with Crippen LogP contribution in [0.1, 0.15) is 72.5 Å². The maximum absolute atomic E-state index is 13.9. The lowest BCUT2D eigenvalue weighted by molar-refractivity contribution is -0.0978. The Kier molecular flexibility index (Phi) is 5.18. The number of aromatic nitrogens is 1. The Balaban J connectivity index is 1.20. The third-order valence-electron chi connectivity index (χ3n) is 9.16. The summed E-state index contributed by atoms with van der Waals surface area (Å²) in [5.74, 6) is 1.50. The molecule has 1 saturated heterocycles. The highest BCUT2D eigenvalue weighted by Gasteiger charge is 2.52. The maximum Gasteiger partial charge on any atom is 0.251 e. The van der Waals surface area contributed by atoms with Crippen LogP contribution in [0.25, 0.3) is 5.57 Å². The van der Waals surface area contributed by atoms with E-state index in [1.54, 1.807) is 6.07 Å². The summed E-state index contributed by atoms with van der Waals surface area (Å²) in [4.78, 5) is 16.9. The molecule has 1 amide bonds. The summed E-state index contributed by atoms with van der Waals surface area (Å²) in [6, 6.07) is 8.00. The Morgan fingerprint density at radius 3 is 2.82 bits per heavy atom. The van der Waals surface area contributed by atoms with Gasteiger partial charge in [0.25, 0.3) is 5.91 Å². The molecule has 1 aliphatic heterocycles. The van der Waals surface area contributed by atoms with Crippen molar-refractivity contribution < 1.29 is 13.9 Å². The SMILES string of the molecule is CC1(CNC(=O)c2ccc3c(c2)CCC2C3CCC3(C)C(c4cncc(F)c4)=CCC23)COC1. The molecule has 1 aromatic heterocycles. The molecule has 0 spiro atoms. The van der Waals surface area contributed by atoms with Gasteiger partial charge in [-0.05, 0) is 95.7 Å². The molecule has 3 aliphatic carbocycles. The highest BCUT2D eigenvalue weighted by Crippen LogP contribution is 2.63. The number of halogens is 1. The van der Waals surface area contributed by atoms with Crippen molar-refractivity contribution >= 4 is 11.5 Å². The number of fused-ring (bicyclic) bond motifs is 5. The molecule has 1 saturated carbocycles. The minimum Gasteiger partial charge on any atom is -0.380 e. The molecule has 0 bridgehead atoms. The average molecular weight is 461 g/mol. The van der Waals surface area contributed by atoms with Crippen molar-refractivity contribution in [3.8, 4) is 0 Å².